The van der Waals surface area contributed by atoms with Gasteiger partial charge >= 0.3 is 5.97 Å². The number of hydrogen-bond acceptors (Lipinski definition) is 5. The van der Waals surface area contributed by atoms with Crippen LogP contribution in [0.5, 0.6) is 0 Å². The molecule has 1 aliphatic heterocycles. The fourth-order valence-electron chi connectivity index (χ4n) is 1.09. The van der Waals surface area contributed by atoms with Crippen LogP contribution in [0.1, 0.15) is 6.42 Å². The van der Waals surface area contributed by atoms with E-state index in [0.717, 1.165) is 17.5 Å². The summed E-state index contributed by atoms with van der Waals surface area (Å²) in [4.78, 5) is 32.5. The highest BCUT2D eigenvalue weighted by molar-refractivity contribution is 8.14. The molecule has 0 saturated carbocycles. The van der Waals surface area contributed by atoms with Crippen molar-refractivity contribution in [2.75, 3.05) is 17.3 Å². The first-order valence-electron chi connectivity index (χ1n) is 4.35. The Balaban J connectivity index is 2.18. The Labute approximate surface area is 95.4 Å². The molecule has 0 unspecified atom stereocenters. The maximum absolute atomic E-state index is 11.2. The molecule has 1 atom stereocenters. The fraction of sp³-hybridized carbons (Fsp3) is 0.625. The molecule has 0 spiro atoms. The van der Waals surface area contributed by atoms with Crippen LogP contribution < -0.4 is 5.32 Å². The van der Waals surface area contributed by atoms with Crippen molar-refractivity contribution in [3.63, 3.8) is 0 Å². The molecule has 15 heavy (non-hydrogen) atoms. The second-order valence-electron chi connectivity index (χ2n) is 2.96. The van der Waals surface area contributed by atoms with Crippen molar-refractivity contribution in [1.29, 1.82) is 0 Å². The van der Waals surface area contributed by atoms with Gasteiger partial charge in [0.05, 0.1) is 17.5 Å². The lowest BCUT2D eigenvalue weighted by Crippen LogP contribution is -2.38. The highest BCUT2D eigenvalue weighted by Crippen LogP contribution is 2.19. The van der Waals surface area contributed by atoms with Crippen LogP contribution in [0, 0.1) is 0 Å². The van der Waals surface area contributed by atoms with E-state index < -0.39 is 5.97 Å². The summed E-state index contributed by atoms with van der Waals surface area (Å²) in [5, 5.41) is 10.9. The Morgan fingerprint density at radius 1 is 1.53 bits per heavy atom. The first-order chi connectivity index (χ1) is 7.09. The molecule has 0 aliphatic carbocycles. The van der Waals surface area contributed by atoms with Gasteiger partial charge in [0.15, 0.2) is 0 Å². The predicted molar refractivity (Wildman–Crippen MR) is 59.0 cm³/mol. The minimum absolute atomic E-state index is 0.00779. The van der Waals surface area contributed by atoms with Gasteiger partial charge in [-0.15, -0.1) is 11.8 Å². The molecule has 2 N–H and O–H groups in total. The average Bonchev–Trinajstić information content (AvgIpc) is 2.51. The van der Waals surface area contributed by atoms with Gasteiger partial charge in [0, 0.05) is 5.75 Å². The predicted octanol–water partition coefficient (Wildman–Crippen LogP) is -0.0475. The van der Waals surface area contributed by atoms with Gasteiger partial charge in [0.2, 0.25) is 11.0 Å². The van der Waals surface area contributed by atoms with Crippen molar-refractivity contribution in [2.24, 2.45) is 0 Å². The van der Waals surface area contributed by atoms with E-state index in [1.54, 1.807) is 0 Å². The third-order valence-electron chi connectivity index (χ3n) is 1.73. The average molecular weight is 249 g/mol. The molecule has 5 nitrogen and oxygen atoms in total. The minimum atomic E-state index is -0.944. The molecular formula is C8H11NO4S2. The maximum Gasteiger partial charge on any atom is 0.313 e. The number of nitrogens with one attached hydrogen (secondary N) is 1. The van der Waals surface area contributed by atoms with Gasteiger partial charge in [0.1, 0.15) is 0 Å². The number of carbonyl (C=O) groups excluding carboxylic acids is 2. The zero-order valence-electron chi connectivity index (χ0n) is 7.89. The first kappa shape index (κ1) is 12.4. The number of carboxylic acids is 1. The van der Waals surface area contributed by atoms with Crippen LogP contribution in [0.15, 0.2) is 0 Å². The Kier molecular flexibility index (Phi) is 4.97. The van der Waals surface area contributed by atoms with Crippen molar-refractivity contribution in [1.82, 2.24) is 5.32 Å². The molecule has 84 valence electrons. The van der Waals surface area contributed by atoms with Gasteiger partial charge in [-0.2, -0.15) is 0 Å². The molecule has 1 rings (SSSR count). The van der Waals surface area contributed by atoms with Gasteiger partial charge in [-0.25, -0.2) is 0 Å². The summed E-state index contributed by atoms with van der Waals surface area (Å²) in [5.74, 6) is -0.490. The third-order valence-corrected chi connectivity index (χ3v) is 3.66. The number of rotatable bonds is 5. The van der Waals surface area contributed by atoms with Crippen LogP contribution in [-0.4, -0.2) is 45.4 Å². The molecule has 0 bridgehead atoms. The van der Waals surface area contributed by atoms with Gasteiger partial charge in [0.25, 0.3) is 0 Å². The number of carboxylic acid groups (broad SMARTS) is 1. The Hall–Kier alpha value is -0.690. The number of thioether (sulfide) groups is 2. The molecule has 1 amide bonds. The molecule has 0 aromatic carbocycles. The molecule has 1 saturated heterocycles. The number of amides is 1. The summed E-state index contributed by atoms with van der Waals surface area (Å²) >= 11 is 2.25. The zero-order chi connectivity index (χ0) is 11.3. The first-order valence-corrected chi connectivity index (χ1v) is 6.49. The zero-order valence-corrected chi connectivity index (χ0v) is 9.53. The van der Waals surface area contributed by atoms with Gasteiger partial charge in [-0.05, 0) is 6.42 Å². The Bertz CT molecular complexity index is 282. The molecule has 1 aliphatic rings. The van der Waals surface area contributed by atoms with Gasteiger partial charge in [-0.1, -0.05) is 11.8 Å². The second kappa shape index (κ2) is 6.02. The third kappa shape index (κ3) is 4.57. The van der Waals surface area contributed by atoms with Crippen molar-refractivity contribution in [3.05, 3.63) is 0 Å². The maximum atomic E-state index is 11.2. The van der Waals surface area contributed by atoms with E-state index in [0.29, 0.717) is 6.42 Å². The lowest BCUT2D eigenvalue weighted by atomic mass is 10.2. The van der Waals surface area contributed by atoms with Crippen molar-refractivity contribution in [2.45, 2.75) is 12.5 Å². The van der Waals surface area contributed by atoms with E-state index in [-0.39, 0.29) is 28.6 Å². The van der Waals surface area contributed by atoms with Crippen LogP contribution >= 0.6 is 23.5 Å². The molecule has 1 fully saturated rings. The van der Waals surface area contributed by atoms with Crippen LogP contribution in [0.3, 0.4) is 0 Å². The summed E-state index contributed by atoms with van der Waals surface area (Å²) in [6.45, 7) is 0. The van der Waals surface area contributed by atoms with E-state index in [1.807, 2.05) is 0 Å². The van der Waals surface area contributed by atoms with E-state index in [9.17, 15) is 14.4 Å². The van der Waals surface area contributed by atoms with Crippen molar-refractivity contribution >= 4 is 40.5 Å². The summed E-state index contributed by atoms with van der Waals surface area (Å²) in [7, 11) is 0. The quantitative estimate of drug-likeness (QED) is 0.711. The molecule has 1 heterocycles. The number of aliphatic carboxylic acids is 1. The topological polar surface area (TPSA) is 83.5 Å². The minimum Gasteiger partial charge on any atom is -0.481 e. The van der Waals surface area contributed by atoms with Crippen molar-refractivity contribution < 1.29 is 19.5 Å². The molecular weight excluding hydrogens is 238 g/mol. The van der Waals surface area contributed by atoms with Crippen LogP contribution in [0.2, 0.25) is 0 Å². The highest BCUT2D eigenvalue weighted by atomic mass is 32.2. The van der Waals surface area contributed by atoms with Crippen molar-refractivity contribution in [3.8, 4) is 0 Å². The van der Waals surface area contributed by atoms with E-state index in [2.05, 4.69) is 5.32 Å². The number of carbonyl (C=O) groups is 3. The standard InChI is InChI=1S/C8H11NO4S2/c10-6(3-14-4-7(11)12)9-5-1-2-15-8(5)13/h5H,1-4H2,(H,9,10)(H,11,12)/t5-/m1/s1. The van der Waals surface area contributed by atoms with Crippen LogP contribution in [-0.2, 0) is 14.4 Å². The van der Waals surface area contributed by atoms with Crippen LogP contribution in [0.4, 0.5) is 0 Å². The Morgan fingerprint density at radius 2 is 2.27 bits per heavy atom. The van der Waals surface area contributed by atoms with Gasteiger partial charge in [-0.3, -0.25) is 14.4 Å². The highest BCUT2D eigenvalue weighted by Gasteiger charge is 2.26. The normalized spacial score (nSPS) is 20.3. The van der Waals surface area contributed by atoms with Crippen LogP contribution in [0.25, 0.3) is 0 Å². The summed E-state index contributed by atoms with van der Waals surface area (Å²) in [5.41, 5.74) is 0. The van der Waals surface area contributed by atoms with E-state index in [1.165, 1.54) is 11.8 Å². The molecule has 0 aromatic rings. The summed E-state index contributed by atoms with van der Waals surface area (Å²) < 4.78 is 0. The largest absolute Gasteiger partial charge is 0.481 e. The van der Waals surface area contributed by atoms with E-state index in [4.69, 9.17) is 5.11 Å². The SMILES string of the molecule is O=C(O)CSCC(=O)N[C@@H]1CCSC1=O. The lowest BCUT2D eigenvalue weighted by Gasteiger charge is -2.08. The summed E-state index contributed by atoms with van der Waals surface area (Å²) in [6, 6.07) is -0.382. The smallest absolute Gasteiger partial charge is 0.313 e. The fourth-order valence-corrected chi connectivity index (χ4v) is 2.57. The number of hydrogen-bond donors (Lipinski definition) is 2. The Morgan fingerprint density at radius 3 is 2.80 bits per heavy atom. The monoisotopic (exact) mass is 249 g/mol. The second-order valence-corrected chi connectivity index (χ2v) is 5.05. The molecule has 7 heteroatoms. The summed E-state index contributed by atoms with van der Waals surface area (Å²) in [6.07, 6.45) is 0.666. The van der Waals surface area contributed by atoms with E-state index >= 15 is 0 Å². The van der Waals surface area contributed by atoms with Gasteiger partial charge < -0.3 is 10.4 Å². The lowest BCUT2D eigenvalue weighted by molar-refractivity contribution is -0.133. The molecule has 0 aromatic heterocycles. The molecule has 0 radical (unpaired) electrons.